The number of aromatic hydroxyl groups is 1. The number of aryl methyl sites for hydroxylation is 1. The number of benzene rings is 1. The fourth-order valence-electron chi connectivity index (χ4n) is 2.66. The van der Waals surface area contributed by atoms with Gasteiger partial charge in [0.25, 0.3) is 0 Å². The molecule has 0 radical (unpaired) electrons. The van der Waals surface area contributed by atoms with Crippen molar-refractivity contribution in [2.45, 2.75) is 53.5 Å². The zero-order chi connectivity index (χ0) is 17.1. The molecular weight excluding hydrogens is 280 g/mol. The van der Waals surface area contributed by atoms with Gasteiger partial charge in [-0.25, -0.2) is 0 Å². The van der Waals surface area contributed by atoms with Gasteiger partial charge in [-0.2, -0.15) is 0 Å². The van der Waals surface area contributed by atoms with E-state index in [1.807, 2.05) is 20.8 Å². The van der Waals surface area contributed by atoms with Gasteiger partial charge in [-0.15, -0.1) is 0 Å². The lowest BCUT2D eigenvalue weighted by atomic mass is 9.82. The Morgan fingerprint density at radius 2 is 1.68 bits per heavy atom. The van der Waals surface area contributed by atoms with Gasteiger partial charge in [0.1, 0.15) is 5.75 Å². The predicted octanol–water partition coefficient (Wildman–Crippen LogP) is 2.97. The Morgan fingerprint density at radius 1 is 1.09 bits per heavy atom. The summed E-state index contributed by atoms with van der Waals surface area (Å²) in [5.74, 6) is -1.57. The molecule has 0 atom stereocenters. The van der Waals surface area contributed by atoms with Crippen molar-refractivity contribution in [3.63, 3.8) is 0 Å². The van der Waals surface area contributed by atoms with E-state index < -0.39 is 17.4 Å². The van der Waals surface area contributed by atoms with Gasteiger partial charge in [0.2, 0.25) is 0 Å². The van der Waals surface area contributed by atoms with Crippen LogP contribution in [-0.2, 0) is 9.59 Å². The Bertz CT molecular complexity index is 572. The minimum atomic E-state index is -0.789. The van der Waals surface area contributed by atoms with Crippen LogP contribution in [0.4, 0.5) is 5.69 Å². The smallest absolute Gasteiger partial charge is 0.313 e. The number of phenols is 1. The Labute approximate surface area is 132 Å². The number of phenolic OH excluding ortho intramolecular Hbond substituents is 1. The van der Waals surface area contributed by atoms with Crippen LogP contribution < -0.4 is 10.6 Å². The maximum atomic E-state index is 12.0. The zero-order valence-electron chi connectivity index (χ0n) is 14.2. The summed E-state index contributed by atoms with van der Waals surface area (Å²) >= 11 is 0. The zero-order valence-corrected chi connectivity index (χ0v) is 14.2. The van der Waals surface area contributed by atoms with Crippen LogP contribution in [0.15, 0.2) is 18.2 Å². The van der Waals surface area contributed by atoms with E-state index in [4.69, 9.17) is 0 Å². The Balaban J connectivity index is 2.73. The van der Waals surface area contributed by atoms with E-state index in [9.17, 15) is 14.7 Å². The molecule has 122 valence electrons. The lowest BCUT2D eigenvalue weighted by Crippen LogP contribution is -2.49. The van der Waals surface area contributed by atoms with Gasteiger partial charge in [-0.05, 0) is 50.3 Å². The Morgan fingerprint density at radius 3 is 2.23 bits per heavy atom. The molecule has 0 aliphatic carbocycles. The number of rotatable bonds is 3. The largest absolute Gasteiger partial charge is 0.506 e. The van der Waals surface area contributed by atoms with E-state index in [-0.39, 0.29) is 16.9 Å². The number of carbonyl (C=O) groups excluding carboxylic acids is 2. The Kier molecular flexibility index (Phi) is 5.22. The maximum Gasteiger partial charge on any atom is 0.313 e. The van der Waals surface area contributed by atoms with Crippen LogP contribution >= 0.6 is 0 Å². The summed E-state index contributed by atoms with van der Waals surface area (Å²) in [7, 11) is 0. The molecule has 22 heavy (non-hydrogen) atoms. The van der Waals surface area contributed by atoms with E-state index in [2.05, 4.69) is 31.4 Å². The molecule has 0 saturated carbocycles. The molecule has 5 nitrogen and oxygen atoms in total. The van der Waals surface area contributed by atoms with Crippen molar-refractivity contribution >= 4 is 17.5 Å². The monoisotopic (exact) mass is 306 g/mol. The second kappa shape index (κ2) is 6.38. The van der Waals surface area contributed by atoms with E-state index >= 15 is 0 Å². The van der Waals surface area contributed by atoms with Crippen LogP contribution in [0.25, 0.3) is 0 Å². The maximum absolute atomic E-state index is 12.0. The molecule has 0 aliphatic heterocycles. The van der Waals surface area contributed by atoms with Gasteiger partial charge in [0.05, 0.1) is 5.69 Å². The number of hydrogen-bond acceptors (Lipinski definition) is 3. The van der Waals surface area contributed by atoms with E-state index in [0.717, 1.165) is 12.0 Å². The van der Waals surface area contributed by atoms with Crippen molar-refractivity contribution in [3.05, 3.63) is 23.8 Å². The molecule has 5 heteroatoms. The molecule has 1 aromatic rings. The lowest BCUT2D eigenvalue weighted by molar-refractivity contribution is -0.137. The first-order chi connectivity index (χ1) is 9.89. The molecule has 0 spiro atoms. The predicted molar refractivity (Wildman–Crippen MR) is 87.8 cm³/mol. The molecule has 0 aliphatic rings. The summed E-state index contributed by atoms with van der Waals surface area (Å²) in [5, 5.41) is 14.9. The second-order valence-electron chi connectivity index (χ2n) is 7.55. The molecule has 0 unspecified atom stereocenters. The van der Waals surface area contributed by atoms with Gasteiger partial charge in [-0.1, -0.05) is 26.8 Å². The molecule has 1 rings (SSSR count). The highest BCUT2D eigenvalue weighted by atomic mass is 16.3. The van der Waals surface area contributed by atoms with Gasteiger partial charge < -0.3 is 15.7 Å². The van der Waals surface area contributed by atoms with Crippen LogP contribution in [-0.4, -0.2) is 22.5 Å². The third-order valence-corrected chi connectivity index (χ3v) is 3.03. The van der Waals surface area contributed by atoms with Crippen molar-refractivity contribution in [2.24, 2.45) is 5.41 Å². The van der Waals surface area contributed by atoms with Crippen molar-refractivity contribution < 1.29 is 14.7 Å². The van der Waals surface area contributed by atoms with Gasteiger partial charge in [0, 0.05) is 5.54 Å². The van der Waals surface area contributed by atoms with Crippen LogP contribution in [0.1, 0.15) is 46.6 Å². The van der Waals surface area contributed by atoms with Gasteiger partial charge in [0.15, 0.2) is 0 Å². The summed E-state index contributed by atoms with van der Waals surface area (Å²) in [6.07, 6.45) is 0.731. The molecule has 1 aromatic carbocycles. The molecule has 0 saturated heterocycles. The minimum absolute atomic E-state index is 0.0298. The number of carbonyl (C=O) groups is 2. The number of anilines is 1. The number of amides is 2. The van der Waals surface area contributed by atoms with Crippen LogP contribution in [0, 0.1) is 12.3 Å². The molecule has 2 amide bonds. The van der Waals surface area contributed by atoms with E-state index in [1.165, 1.54) is 6.07 Å². The molecule has 0 heterocycles. The highest BCUT2D eigenvalue weighted by molar-refractivity contribution is 6.39. The Hall–Kier alpha value is -2.04. The first-order valence-electron chi connectivity index (χ1n) is 7.33. The number of nitrogens with one attached hydrogen (secondary N) is 2. The quantitative estimate of drug-likeness (QED) is 0.593. The summed E-state index contributed by atoms with van der Waals surface area (Å²) in [5.41, 5.74) is 0.638. The van der Waals surface area contributed by atoms with Crippen LogP contribution in [0.3, 0.4) is 0 Å². The van der Waals surface area contributed by atoms with Crippen LogP contribution in [0.5, 0.6) is 5.75 Å². The van der Waals surface area contributed by atoms with Crippen molar-refractivity contribution in [1.29, 1.82) is 0 Å². The summed E-state index contributed by atoms with van der Waals surface area (Å²) < 4.78 is 0. The van der Waals surface area contributed by atoms with Crippen molar-refractivity contribution in [3.8, 4) is 5.75 Å². The van der Waals surface area contributed by atoms with E-state index in [0.29, 0.717) is 0 Å². The number of hydrogen-bond donors (Lipinski definition) is 3. The van der Waals surface area contributed by atoms with Crippen molar-refractivity contribution in [2.75, 3.05) is 5.32 Å². The normalized spacial score (nSPS) is 11.9. The van der Waals surface area contributed by atoms with Crippen molar-refractivity contribution in [1.82, 2.24) is 5.32 Å². The third kappa shape index (κ3) is 5.76. The summed E-state index contributed by atoms with van der Waals surface area (Å²) in [4.78, 5) is 24.0. The molecule has 3 N–H and O–H groups in total. The average molecular weight is 306 g/mol. The topological polar surface area (TPSA) is 78.4 Å². The van der Waals surface area contributed by atoms with Gasteiger partial charge in [-0.3, -0.25) is 9.59 Å². The fraction of sp³-hybridized carbons (Fsp3) is 0.529. The molecule has 0 fully saturated rings. The SMILES string of the molecule is Cc1ccc(O)c(NC(=O)C(=O)NC(C)(C)CC(C)(C)C)c1. The fourth-order valence-corrected chi connectivity index (χ4v) is 2.66. The first-order valence-corrected chi connectivity index (χ1v) is 7.33. The standard InChI is InChI=1S/C17H26N2O3/c1-11-7-8-13(20)12(9-11)18-14(21)15(22)19-17(5,6)10-16(2,3)4/h7-9,20H,10H2,1-6H3,(H,18,21)(H,19,22). The average Bonchev–Trinajstić information content (AvgIpc) is 2.29. The van der Waals surface area contributed by atoms with Crippen LogP contribution in [0.2, 0.25) is 0 Å². The minimum Gasteiger partial charge on any atom is -0.506 e. The third-order valence-electron chi connectivity index (χ3n) is 3.03. The molecule has 0 bridgehead atoms. The summed E-state index contributed by atoms with van der Waals surface area (Å²) in [6.45, 7) is 11.8. The van der Waals surface area contributed by atoms with Gasteiger partial charge >= 0.3 is 11.8 Å². The highest BCUT2D eigenvalue weighted by Crippen LogP contribution is 2.27. The second-order valence-corrected chi connectivity index (χ2v) is 7.55. The first kappa shape index (κ1) is 18.0. The highest BCUT2D eigenvalue weighted by Gasteiger charge is 2.29. The summed E-state index contributed by atoms with van der Waals surface area (Å²) in [6, 6.07) is 4.81. The molecule has 0 aromatic heterocycles. The molecular formula is C17H26N2O3. The van der Waals surface area contributed by atoms with E-state index in [1.54, 1.807) is 12.1 Å². The lowest BCUT2D eigenvalue weighted by Gasteiger charge is -2.33.